The number of ketones is 1. The summed E-state index contributed by atoms with van der Waals surface area (Å²) in [5.74, 6) is -0.593. The van der Waals surface area contributed by atoms with Crippen LogP contribution < -0.4 is 9.47 Å². The molecule has 1 fully saturated rings. The van der Waals surface area contributed by atoms with Gasteiger partial charge in [-0.2, -0.15) is 0 Å². The Morgan fingerprint density at radius 3 is 2.61 bits per heavy atom. The summed E-state index contributed by atoms with van der Waals surface area (Å²) >= 11 is 0. The monoisotopic (exact) mass is 381 g/mol. The molecule has 146 valence electrons. The van der Waals surface area contributed by atoms with Gasteiger partial charge in [0.05, 0.1) is 30.9 Å². The Kier molecular flexibility index (Phi) is 5.40. The molecule has 1 saturated heterocycles. The van der Waals surface area contributed by atoms with Crippen LogP contribution in [0.2, 0.25) is 0 Å². The minimum Gasteiger partial charge on any atom is -0.507 e. The van der Waals surface area contributed by atoms with E-state index in [9.17, 15) is 14.7 Å². The van der Waals surface area contributed by atoms with E-state index in [1.54, 1.807) is 43.4 Å². The van der Waals surface area contributed by atoms with Gasteiger partial charge in [0, 0.05) is 7.05 Å². The van der Waals surface area contributed by atoms with Crippen molar-refractivity contribution < 1.29 is 24.2 Å². The van der Waals surface area contributed by atoms with Gasteiger partial charge in [0.2, 0.25) is 0 Å². The molecule has 2 aromatic carbocycles. The first kappa shape index (κ1) is 19.5. The fourth-order valence-corrected chi connectivity index (χ4v) is 3.43. The Balaban J connectivity index is 2.20. The standard InChI is InChI=1S/C22H23NO5/c1-5-28-15-8-6-7-14(12-15)19-18(21(25)22(26)23(19)3)20(24)16-11-13(2)9-10-17(16)27-4/h6-12,19,24H,5H2,1-4H3/b20-18+. The third-order valence-corrected chi connectivity index (χ3v) is 4.77. The van der Waals surface area contributed by atoms with E-state index < -0.39 is 17.7 Å². The number of benzene rings is 2. The van der Waals surface area contributed by atoms with Gasteiger partial charge in [-0.15, -0.1) is 0 Å². The highest BCUT2D eigenvalue weighted by Crippen LogP contribution is 2.40. The van der Waals surface area contributed by atoms with Crippen molar-refractivity contribution in [2.45, 2.75) is 19.9 Å². The maximum atomic E-state index is 12.7. The van der Waals surface area contributed by atoms with Crippen LogP contribution in [0.25, 0.3) is 5.76 Å². The van der Waals surface area contributed by atoms with Crippen molar-refractivity contribution in [3.8, 4) is 11.5 Å². The lowest BCUT2D eigenvalue weighted by Crippen LogP contribution is -2.24. The molecule has 0 aliphatic carbocycles. The molecule has 1 heterocycles. The first-order chi connectivity index (χ1) is 13.4. The number of carbonyl (C=O) groups is 2. The molecular formula is C22H23NO5. The van der Waals surface area contributed by atoms with Gasteiger partial charge in [-0.3, -0.25) is 9.59 Å². The molecule has 2 aromatic rings. The number of carbonyl (C=O) groups excluding carboxylic acids is 2. The number of hydrogen-bond acceptors (Lipinski definition) is 5. The summed E-state index contributed by atoms with van der Waals surface area (Å²) in [4.78, 5) is 26.5. The second kappa shape index (κ2) is 7.76. The van der Waals surface area contributed by atoms with Gasteiger partial charge in [-0.25, -0.2) is 0 Å². The largest absolute Gasteiger partial charge is 0.507 e. The summed E-state index contributed by atoms with van der Waals surface area (Å²) < 4.78 is 10.9. The highest BCUT2D eigenvalue weighted by atomic mass is 16.5. The lowest BCUT2D eigenvalue weighted by molar-refractivity contribution is -0.139. The second-order valence-corrected chi connectivity index (χ2v) is 6.62. The fraction of sp³-hybridized carbons (Fsp3) is 0.273. The Bertz CT molecular complexity index is 963. The van der Waals surface area contributed by atoms with Crippen LogP contribution in [0.15, 0.2) is 48.0 Å². The molecule has 3 rings (SSSR count). The molecule has 0 bridgehead atoms. The number of aliphatic hydroxyl groups excluding tert-OH is 1. The average Bonchev–Trinajstić information content (AvgIpc) is 2.92. The molecule has 1 aliphatic rings. The van der Waals surface area contributed by atoms with Gasteiger partial charge in [-0.05, 0) is 43.7 Å². The lowest BCUT2D eigenvalue weighted by atomic mass is 9.94. The van der Waals surface area contributed by atoms with Crippen LogP contribution in [-0.2, 0) is 9.59 Å². The van der Waals surface area contributed by atoms with Gasteiger partial charge in [0.15, 0.2) is 0 Å². The number of ether oxygens (including phenoxy) is 2. The van der Waals surface area contributed by atoms with Crippen LogP contribution in [-0.4, -0.2) is 42.5 Å². The third kappa shape index (κ3) is 3.33. The second-order valence-electron chi connectivity index (χ2n) is 6.62. The third-order valence-electron chi connectivity index (χ3n) is 4.77. The molecule has 0 aromatic heterocycles. The molecule has 1 aliphatic heterocycles. The van der Waals surface area contributed by atoms with Crippen LogP contribution >= 0.6 is 0 Å². The molecule has 0 saturated carbocycles. The maximum Gasteiger partial charge on any atom is 0.295 e. The molecule has 1 atom stereocenters. The highest BCUT2D eigenvalue weighted by Gasteiger charge is 2.44. The Morgan fingerprint density at radius 2 is 1.93 bits per heavy atom. The molecule has 1 amide bonds. The van der Waals surface area contributed by atoms with E-state index in [1.165, 1.54) is 12.0 Å². The summed E-state index contributed by atoms with van der Waals surface area (Å²) in [6, 6.07) is 11.7. The lowest BCUT2D eigenvalue weighted by Gasteiger charge is -2.22. The van der Waals surface area contributed by atoms with Crippen molar-refractivity contribution in [3.05, 3.63) is 64.7 Å². The number of methoxy groups -OCH3 is 1. The Hall–Kier alpha value is -3.28. The van der Waals surface area contributed by atoms with Crippen molar-refractivity contribution in [2.75, 3.05) is 20.8 Å². The van der Waals surface area contributed by atoms with Crippen molar-refractivity contribution in [1.29, 1.82) is 0 Å². The van der Waals surface area contributed by atoms with Crippen molar-refractivity contribution in [3.63, 3.8) is 0 Å². The van der Waals surface area contributed by atoms with Crippen molar-refractivity contribution in [1.82, 2.24) is 4.90 Å². The van der Waals surface area contributed by atoms with Crippen LogP contribution in [0, 0.1) is 6.92 Å². The van der Waals surface area contributed by atoms with Crippen LogP contribution in [0.3, 0.4) is 0 Å². The topological polar surface area (TPSA) is 76.1 Å². The van der Waals surface area contributed by atoms with Gasteiger partial charge >= 0.3 is 0 Å². The number of aliphatic hydroxyl groups is 1. The normalized spacial score (nSPS) is 18.4. The van der Waals surface area contributed by atoms with Gasteiger partial charge in [0.25, 0.3) is 11.7 Å². The number of aryl methyl sites for hydroxylation is 1. The predicted molar refractivity (Wildman–Crippen MR) is 105 cm³/mol. The van der Waals surface area contributed by atoms with Crippen LogP contribution in [0.5, 0.6) is 11.5 Å². The number of rotatable bonds is 5. The van der Waals surface area contributed by atoms with E-state index in [0.717, 1.165) is 5.56 Å². The van der Waals surface area contributed by atoms with Crippen molar-refractivity contribution >= 4 is 17.4 Å². The average molecular weight is 381 g/mol. The number of Topliss-reactive ketones (excluding diaryl/α,β-unsaturated/α-hetero) is 1. The molecule has 0 radical (unpaired) electrons. The van der Waals surface area contributed by atoms with E-state index in [-0.39, 0.29) is 11.3 Å². The number of nitrogens with zero attached hydrogens (tertiary/aromatic N) is 1. The van der Waals surface area contributed by atoms with Gasteiger partial charge < -0.3 is 19.5 Å². The van der Waals surface area contributed by atoms with Gasteiger partial charge in [0.1, 0.15) is 17.3 Å². The molecule has 1 unspecified atom stereocenters. The number of amides is 1. The molecule has 0 spiro atoms. The SMILES string of the molecule is CCOc1cccc(C2/C(=C(\O)c3cc(C)ccc3OC)C(=O)C(=O)N2C)c1. The summed E-state index contributed by atoms with van der Waals surface area (Å²) in [5.41, 5.74) is 1.98. The molecule has 6 nitrogen and oxygen atoms in total. The summed E-state index contributed by atoms with van der Waals surface area (Å²) in [6.07, 6.45) is 0. The predicted octanol–water partition coefficient (Wildman–Crippen LogP) is 3.45. The smallest absolute Gasteiger partial charge is 0.295 e. The zero-order valence-electron chi connectivity index (χ0n) is 16.4. The summed E-state index contributed by atoms with van der Waals surface area (Å²) in [7, 11) is 3.04. The van der Waals surface area contributed by atoms with Crippen LogP contribution in [0.4, 0.5) is 0 Å². The van der Waals surface area contributed by atoms with E-state index in [4.69, 9.17) is 9.47 Å². The van der Waals surface area contributed by atoms with Crippen molar-refractivity contribution in [2.24, 2.45) is 0 Å². The minimum atomic E-state index is -0.727. The first-order valence-electron chi connectivity index (χ1n) is 9.01. The van der Waals surface area contributed by atoms with Crippen LogP contribution in [0.1, 0.15) is 29.7 Å². The Morgan fingerprint density at radius 1 is 1.18 bits per heavy atom. The highest BCUT2D eigenvalue weighted by molar-refractivity contribution is 6.46. The number of likely N-dealkylation sites (tertiary alicyclic amines) is 1. The molecule has 1 N–H and O–H groups in total. The number of hydrogen-bond donors (Lipinski definition) is 1. The first-order valence-corrected chi connectivity index (χ1v) is 9.01. The van der Waals surface area contributed by atoms with E-state index in [2.05, 4.69) is 0 Å². The summed E-state index contributed by atoms with van der Waals surface area (Å²) in [6.45, 7) is 4.25. The fourth-order valence-electron chi connectivity index (χ4n) is 3.43. The van der Waals surface area contributed by atoms with Gasteiger partial charge in [-0.1, -0.05) is 23.8 Å². The molecule has 6 heteroatoms. The zero-order valence-corrected chi connectivity index (χ0v) is 16.4. The quantitative estimate of drug-likeness (QED) is 0.488. The van der Waals surface area contributed by atoms with E-state index >= 15 is 0 Å². The maximum absolute atomic E-state index is 12.7. The molecule has 28 heavy (non-hydrogen) atoms. The van der Waals surface area contributed by atoms with E-state index in [0.29, 0.717) is 29.2 Å². The van der Waals surface area contributed by atoms with E-state index in [1.807, 2.05) is 19.9 Å². The number of likely N-dealkylation sites (N-methyl/N-ethyl adjacent to an activating group) is 1. The molecular weight excluding hydrogens is 358 g/mol. The zero-order chi connectivity index (χ0) is 20.4. The minimum absolute atomic E-state index is 0.0325. The summed E-state index contributed by atoms with van der Waals surface area (Å²) in [5, 5.41) is 11.0. The Labute approximate surface area is 164 Å².